The average Bonchev–Trinajstić information content (AvgIpc) is 2.35. The molecule has 4 rings (SSSR count). The maximum atomic E-state index is 3.81. The van der Waals surface area contributed by atoms with Gasteiger partial charge in [0.2, 0.25) is 0 Å². The maximum Gasteiger partial charge on any atom is 0.0101 e. The van der Waals surface area contributed by atoms with Crippen molar-refractivity contribution in [2.75, 3.05) is 0 Å². The van der Waals surface area contributed by atoms with Crippen LogP contribution in [0.15, 0.2) is 0 Å². The molecule has 1 nitrogen and oxygen atoms in total. The normalized spacial score (nSPS) is 54.5. The van der Waals surface area contributed by atoms with Gasteiger partial charge < -0.3 is 5.32 Å². The fourth-order valence-electron chi connectivity index (χ4n) is 3.62. The highest BCUT2D eigenvalue weighted by atomic mass is 15.0. The predicted molar refractivity (Wildman–Crippen MR) is 45.4 cm³/mol. The van der Waals surface area contributed by atoms with E-state index in [1.54, 1.807) is 0 Å². The van der Waals surface area contributed by atoms with E-state index in [0.717, 1.165) is 23.9 Å². The molecule has 0 radical (unpaired) electrons. The summed E-state index contributed by atoms with van der Waals surface area (Å²) < 4.78 is 0. The number of nitrogens with one attached hydrogen (secondary N) is 1. The van der Waals surface area contributed by atoms with Crippen LogP contribution in [0.5, 0.6) is 0 Å². The summed E-state index contributed by atoms with van der Waals surface area (Å²) in [6.45, 7) is 0. The van der Waals surface area contributed by atoms with Crippen molar-refractivity contribution in [3.8, 4) is 0 Å². The first-order valence-electron chi connectivity index (χ1n) is 5.19. The third-order valence-corrected chi connectivity index (χ3v) is 4.10. The van der Waals surface area contributed by atoms with Crippen LogP contribution in [0.3, 0.4) is 0 Å². The van der Waals surface area contributed by atoms with Gasteiger partial charge in [0, 0.05) is 12.1 Å². The molecular weight excluding hydrogens is 134 g/mol. The third-order valence-electron chi connectivity index (χ3n) is 4.10. The summed E-state index contributed by atoms with van der Waals surface area (Å²) in [5, 5.41) is 3.81. The molecule has 0 spiro atoms. The molecular formula is C10H17N. The summed E-state index contributed by atoms with van der Waals surface area (Å²) in [6.07, 6.45) is 8.99. The predicted octanol–water partition coefficient (Wildman–Crippen LogP) is 1.93. The van der Waals surface area contributed by atoms with E-state index in [0.29, 0.717) is 0 Å². The smallest absolute Gasteiger partial charge is 0.0101 e. The van der Waals surface area contributed by atoms with Gasteiger partial charge in [-0.3, -0.25) is 0 Å². The lowest BCUT2D eigenvalue weighted by Crippen LogP contribution is -2.44. The minimum atomic E-state index is 0.909. The Morgan fingerprint density at radius 2 is 2.00 bits per heavy atom. The van der Waals surface area contributed by atoms with Crippen LogP contribution in [-0.2, 0) is 0 Å². The molecule has 62 valence electrons. The largest absolute Gasteiger partial charge is 0.311 e. The molecule has 2 heterocycles. The van der Waals surface area contributed by atoms with E-state index < -0.39 is 0 Å². The van der Waals surface area contributed by atoms with Gasteiger partial charge in [-0.15, -0.1) is 0 Å². The molecule has 11 heavy (non-hydrogen) atoms. The zero-order chi connectivity index (χ0) is 7.26. The Hall–Kier alpha value is -0.0400. The SMILES string of the molecule is C1CC2CC3CCC(N2)C3C1. The summed E-state index contributed by atoms with van der Waals surface area (Å²) in [5.41, 5.74) is 0. The van der Waals surface area contributed by atoms with Gasteiger partial charge in [-0.05, 0) is 43.9 Å². The van der Waals surface area contributed by atoms with Gasteiger partial charge in [0.05, 0.1) is 0 Å². The molecule has 0 aromatic rings. The first-order valence-corrected chi connectivity index (χ1v) is 5.19. The van der Waals surface area contributed by atoms with Crippen LogP contribution in [0.4, 0.5) is 0 Å². The number of hydrogen-bond donors (Lipinski definition) is 1. The number of fused-ring (bicyclic) bond motifs is 2. The van der Waals surface area contributed by atoms with Crippen molar-refractivity contribution in [1.29, 1.82) is 0 Å². The monoisotopic (exact) mass is 151 g/mol. The van der Waals surface area contributed by atoms with Crippen molar-refractivity contribution < 1.29 is 0 Å². The average molecular weight is 151 g/mol. The molecule has 4 atom stereocenters. The lowest BCUT2D eigenvalue weighted by atomic mass is 9.85. The molecule has 1 heteroatoms. The van der Waals surface area contributed by atoms with Crippen molar-refractivity contribution >= 4 is 0 Å². The van der Waals surface area contributed by atoms with Gasteiger partial charge in [0.15, 0.2) is 0 Å². The Morgan fingerprint density at radius 3 is 2.91 bits per heavy atom. The quantitative estimate of drug-likeness (QED) is 0.558. The van der Waals surface area contributed by atoms with Gasteiger partial charge in [-0.2, -0.15) is 0 Å². The van der Waals surface area contributed by atoms with E-state index >= 15 is 0 Å². The molecule has 0 amide bonds. The number of piperidine rings is 1. The molecule has 1 N–H and O–H groups in total. The molecule has 0 aromatic heterocycles. The van der Waals surface area contributed by atoms with Gasteiger partial charge in [0.25, 0.3) is 0 Å². The van der Waals surface area contributed by atoms with Crippen LogP contribution >= 0.6 is 0 Å². The zero-order valence-corrected chi connectivity index (χ0v) is 7.05. The van der Waals surface area contributed by atoms with Gasteiger partial charge in [-0.1, -0.05) is 6.42 Å². The minimum absolute atomic E-state index is 0.909. The summed E-state index contributed by atoms with van der Waals surface area (Å²) in [7, 11) is 0. The van der Waals surface area contributed by atoms with Gasteiger partial charge in [-0.25, -0.2) is 0 Å². The van der Waals surface area contributed by atoms with Crippen LogP contribution in [-0.4, -0.2) is 12.1 Å². The molecule has 4 fully saturated rings. The lowest BCUT2D eigenvalue weighted by molar-refractivity contribution is 0.235. The molecule has 4 aliphatic rings. The summed E-state index contributed by atoms with van der Waals surface area (Å²) in [4.78, 5) is 0. The van der Waals surface area contributed by atoms with E-state index in [9.17, 15) is 0 Å². The van der Waals surface area contributed by atoms with Crippen molar-refractivity contribution in [3.63, 3.8) is 0 Å². The first-order chi connectivity index (χ1) is 5.43. The van der Waals surface area contributed by atoms with Crippen LogP contribution in [0.25, 0.3) is 0 Å². The molecule has 4 bridgehead atoms. The minimum Gasteiger partial charge on any atom is -0.311 e. The second kappa shape index (κ2) is 2.22. The fourth-order valence-corrected chi connectivity index (χ4v) is 3.62. The fraction of sp³-hybridized carbons (Fsp3) is 1.00. The Kier molecular flexibility index (Phi) is 1.31. The second-order valence-electron chi connectivity index (χ2n) is 4.64. The highest BCUT2D eigenvalue weighted by molar-refractivity contribution is 4.99. The lowest BCUT2D eigenvalue weighted by Gasteiger charge is -2.32. The highest BCUT2D eigenvalue weighted by Gasteiger charge is 2.43. The van der Waals surface area contributed by atoms with Crippen LogP contribution < -0.4 is 5.32 Å². The summed E-state index contributed by atoms with van der Waals surface area (Å²) in [5.74, 6) is 2.20. The Morgan fingerprint density at radius 1 is 1.00 bits per heavy atom. The van der Waals surface area contributed by atoms with Crippen molar-refractivity contribution in [2.24, 2.45) is 11.8 Å². The van der Waals surface area contributed by atoms with Crippen LogP contribution in [0.2, 0.25) is 0 Å². The van der Waals surface area contributed by atoms with Crippen molar-refractivity contribution in [1.82, 2.24) is 5.32 Å². The van der Waals surface area contributed by atoms with E-state index in [2.05, 4.69) is 5.32 Å². The maximum absolute atomic E-state index is 3.81. The molecule has 4 unspecified atom stereocenters. The van der Waals surface area contributed by atoms with Crippen LogP contribution in [0.1, 0.15) is 38.5 Å². The molecule has 0 aromatic carbocycles. The Balaban J connectivity index is 1.92. The van der Waals surface area contributed by atoms with E-state index in [1.807, 2.05) is 0 Å². The standard InChI is InChI=1S/C10H17N/c1-2-8-6-7-4-5-10(11-8)9(7)3-1/h7-11H,1-6H2. The van der Waals surface area contributed by atoms with E-state index in [4.69, 9.17) is 0 Å². The second-order valence-corrected chi connectivity index (χ2v) is 4.64. The first kappa shape index (κ1) is 6.47. The summed E-state index contributed by atoms with van der Waals surface area (Å²) >= 11 is 0. The van der Waals surface area contributed by atoms with E-state index in [1.165, 1.54) is 38.5 Å². The topological polar surface area (TPSA) is 12.0 Å². The highest BCUT2D eigenvalue weighted by Crippen LogP contribution is 2.45. The zero-order valence-electron chi connectivity index (χ0n) is 7.05. The Bertz CT molecular complexity index is 152. The molecule has 2 saturated carbocycles. The molecule has 2 aliphatic heterocycles. The van der Waals surface area contributed by atoms with Crippen molar-refractivity contribution in [3.05, 3.63) is 0 Å². The van der Waals surface area contributed by atoms with Gasteiger partial charge in [0.1, 0.15) is 0 Å². The summed E-state index contributed by atoms with van der Waals surface area (Å²) in [6, 6.07) is 1.84. The molecule has 2 saturated heterocycles. The Labute approximate surface area is 68.6 Å². The van der Waals surface area contributed by atoms with Gasteiger partial charge >= 0.3 is 0 Å². The van der Waals surface area contributed by atoms with Crippen LogP contribution in [0, 0.1) is 11.8 Å². The number of rotatable bonds is 0. The van der Waals surface area contributed by atoms with E-state index in [-0.39, 0.29) is 0 Å². The van der Waals surface area contributed by atoms with Crippen molar-refractivity contribution in [2.45, 2.75) is 50.6 Å². The molecule has 2 aliphatic carbocycles. The third kappa shape index (κ3) is 0.868. The number of hydrogen-bond acceptors (Lipinski definition) is 1.